The average Bonchev–Trinajstić information content (AvgIpc) is 3.20. The van der Waals surface area contributed by atoms with Crippen molar-refractivity contribution in [3.8, 4) is 28.2 Å². The number of rotatable bonds is 4. The molecule has 3 N–H and O–H groups in total. The Morgan fingerprint density at radius 3 is 2.63 bits per heavy atom. The second-order valence-corrected chi connectivity index (χ2v) is 6.83. The maximum atomic E-state index is 13.7. The summed E-state index contributed by atoms with van der Waals surface area (Å²) in [6, 6.07) is 12.9. The van der Waals surface area contributed by atoms with Gasteiger partial charge in [0.05, 0.1) is 16.3 Å². The Balaban J connectivity index is 1.76. The number of hydrogen-bond acceptors (Lipinski definition) is 6. The highest BCUT2D eigenvalue weighted by Gasteiger charge is 2.18. The van der Waals surface area contributed by atoms with Crippen molar-refractivity contribution in [2.24, 2.45) is 0 Å². The fraction of sp³-hybridized carbons (Fsp3) is 0.0500. The van der Waals surface area contributed by atoms with Crippen molar-refractivity contribution in [3.05, 3.63) is 65.6 Å². The van der Waals surface area contributed by atoms with Crippen LogP contribution in [0, 0.1) is 5.82 Å². The van der Waals surface area contributed by atoms with Gasteiger partial charge in [-0.15, -0.1) is 5.10 Å². The number of nitrogens with zero attached hydrogens (tertiary/aromatic N) is 5. The van der Waals surface area contributed by atoms with Crippen molar-refractivity contribution in [3.63, 3.8) is 0 Å². The van der Waals surface area contributed by atoms with E-state index in [1.165, 1.54) is 29.8 Å². The number of carbonyl (C=O) groups excluding carboxylic acids is 1. The molecule has 0 radical (unpaired) electrons. The zero-order valence-corrected chi connectivity index (χ0v) is 16.4. The number of benzene rings is 2. The van der Waals surface area contributed by atoms with Crippen LogP contribution in [-0.2, 0) is 4.79 Å². The molecular formula is C20H15ClFN7O. The van der Waals surface area contributed by atoms with E-state index >= 15 is 0 Å². The van der Waals surface area contributed by atoms with Crippen LogP contribution >= 0.6 is 11.6 Å². The van der Waals surface area contributed by atoms with Crippen molar-refractivity contribution in [2.45, 2.75) is 6.92 Å². The number of pyridine rings is 1. The first-order chi connectivity index (χ1) is 14.4. The third-order valence-corrected chi connectivity index (χ3v) is 4.62. The molecule has 0 spiro atoms. The molecule has 2 aromatic heterocycles. The fourth-order valence-electron chi connectivity index (χ4n) is 2.93. The number of hydrogen-bond donors (Lipinski definition) is 2. The van der Waals surface area contributed by atoms with Gasteiger partial charge >= 0.3 is 0 Å². The lowest BCUT2D eigenvalue weighted by Gasteiger charge is -2.10. The first kappa shape index (κ1) is 19.5. The van der Waals surface area contributed by atoms with Gasteiger partial charge in [-0.25, -0.2) is 9.37 Å². The van der Waals surface area contributed by atoms with E-state index in [2.05, 4.69) is 25.8 Å². The topological polar surface area (TPSA) is 112 Å². The standard InChI is InChI=1S/C20H15ClFN7O/c1-11(30)25-15-5-2-12(3-6-15)13-8-16(19(23)24-10-13)20-26-27-28-29(20)18-9-14(22)4-7-17(18)21/h2-10H,1H3,(H2,23,24)(H,25,30). The molecule has 4 rings (SSSR count). The van der Waals surface area contributed by atoms with E-state index in [1.54, 1.807) is 24.4 Å². The normalized spacial score (nSPS) is 10.8. The van der Waals surface area contributed by atoms with Crippen molar-refractivity contribution in [2.75, 3.05) is 11.1 Å². The molecule has 0 atom stereocenters. The largest absolute Gasteiger partial charge is 0.383 e. The molecule has 4 aromatic rings. The molecule has 0 unspecified atom stereocenters. The first-order valence-corrected chi connectivity index (χ1v) is 9.18. The maximum Gasteiger partial charge on any atom is 0.221 e. The van der Waals surface area contributed by atoms with E-state index < -0.39 is 5.82 Å². The molecule has 0 saturated carbocycles. The predicted octanol–water partition coefficient (Wildman–Crippen LogP) is 3.72. The molecule has 10 heteroatoms. The van der Waals surface area contributed by atoms with Crippen LogP contribution in [0.5, 0.6) is 0 Å². The van der Waals surface area contributed by atoms with Gasteiger partial charge in [-0.1, -0.05) is 23.7 Å². The van der Waals surface area contributed by atoms with E-state index in [1.807, 2.05) is 12.1 Å². The summed E-state index contributed by atoms with van der Waals surface area (Å²) in [5.74, 6) is -0.154. The molecule has 30 heavy (non-hydrogen) atoms. The van der Waals surface area contributed by atoms with Gasteiger partial charge in [-0.05, 0) is 46.3 Å². The van der Waals surface area contributed by atoms with Gasteiger partial charge in [-0.3, -0.25) is 4.79 Å². The smallest absolute Gasteiger partial charge is 0.221 e. The Kier molecular flexibility index (Phi) is 5.11. The molecule has 150 valence electrons. The summed E-state index contributed by atoms with van der Waals surface area (Å²) in [6.45, 7) is 1.44. The molecule has 0 aliphatic heterocycles. The number of nitrogens with one attached hydrogen (secondary N) is 1. The first-order valence-electron chi connectivity index (χ1n) is 8.80. The van der Waals surface area contributed by atoms with Crippen LogP contribution in [0.3, 0.4) is 0 Å². The number of aromatic nitrogens is 5. The molecule has 0 bridgehead atoms. The number of anilines is 2. The Bertz CT molecular complexity index is 1240. The summed E-state index contributed by atoms with van der Waals surface area (Å²) in [5.41, 5.74) is 9.10. The summed E-state index contributed by atoms with van der Waals surface area (Å²) < 4.78 is 15.1. The van der Waals surface area contributed by atoms with E-state index in [0.29, 0.717) is 11.3 Å². The fourth-order valence-corrected chi connectivity index (χ4v) is 3.12. The van der Waals surface area contributed by atoms with Gasteiger partial charge in [0.2, 0.25) is 5.91 Å². The summed E-state index contributed by atoms with van der Waals surface area (Å²) in [7, 11) is 0. The van der Waals surface area contributed by atoms with Crippen LogP contribution < -0.4 is 11.1 Å². The Morgan fingerprint density at radius 2 is 1.90 bits per heavy atom. The molecule has 0 aliphatic carbocycles. The molecule has 2 aromatic carbocycles. The summed E-state index contributed by atoms with van der Waals surface area (Å²) in [5, 5.41) is 14.6. The number of nitrogen functional groups attached to an aromatic ring is 1. The Morgan fingerprint density at radius 1 is 1.13 bits per heavy atom. The SMILES string of the molecule is CC(=O)Nc1ccc(-c2cnc(N)c(-c3nnnn3-c3cc(F)ccc3Cl)c2)cc1. The van der Waals surface area contributed by atoms with Crippen LogP contribution in [0.25, 0.3) is 28.2 Å². The molecule has 0 aliphatic rings. The lowest BCUT2D eigenvalue weighted by molar-refractivity contribution is -0.114. The predicted molar refractivity (Wildman–Crippen MR) is 112 cm³/mol. The van der Waals surface area contributed by atoms with Gasteiger partial charge in [0.15, 0.2) is 5.82 Å². The van der Waals surface area contributed by atoms with Crippen molar-refractivity contribution in [1.82, 2.24) is 25.2 Å². The summed E-state index contributed by atoms with van der Waals surface area (Å²) in [4.78, 5) is 15.4. The van der Waals surface area contributed by atoms with Gasteiger partial charge in [-0.2, -0.15) is 4.68 Å². The van der Waals surface area contributed by atoms with E-state index in [4.69, 9.17) is 17.3 Å². The third-order valence-electron chi connectivity index (χ3n) is 4.30. The van der Waals surface area contributed by atoms with Crippen LogP contribution in [0.4, 0.5) is 15.9 Å². The van der Waals surface area contributed by atoms with Crippen LogP contribution in [-0.4, -0.2) is 31.1 Å². The third kappa shape index (κ3) is 3.83. The Labute approximate surface area is 175 Å². The van der Waals surface area contributed by atoms with Crippen molar-refractivity contribution >= 4 is 29.0 Å². The lowest BCUT2D eigenvalue weighted by atomic mass is 10.0. The van der Waals surface area contributed by atoms with Crippen LogP contribution in [0.1, 0.15) is 6.92 Å². The zero-order valence-electron chi connectivity index (χ0n) is 15.7. The minimum absolute atomic E-state index is 0.151. The molecular weight excluding hydrogens is 409 g/mol. The monoisotopic (exact) mass is 423 g/mol. The lowest BCUT2D eigenvalue weighted by Crippen LogP contribution is -2.05. The van der Waals surface area contributed by atoms with Gasteiger partial charge in [0.1, 0.15) is 11.6 Å². The number of carbonyl (C=O) groups is 1. The second kappa shape index (κ2) is 7.88. The quantitative estimate of drug-likeness (QED) is 0.517. The molecule has 1 amide bonds. The van der Waals surface area contributed by atoms with E-state index in [0.717, 1.165) is 11.1 Å². The highest BCUT2D eigenvalue weighted by molar-refractivity contribution is 6.32. The highest BCUT2D eigenvalue weighted by Crippen LogP contribution is 2.31. The van der Waals surface area contributed by atoms with E-state index in [-0.39, 0.29) is 28.3 Å². The number of nitrogens with two attached hydrogens (primary N) is 1. The molecule has 0 fully saturated rings. The number of amides is 1. The van der Waals surface area contributed by atoms with Gasteiger partial charge < -0.3 is 11.1 Å². The number of halogens is 2. The maximum absolute atomic E-state index is 13.7. The van der Waals surface area contributed by atoms with Crippen molar-refractivity contribution < 1.29 is 9.18 Å². The minimum atomic E-state index is -0.477. The second-order valence-electron chi connectivity index (χ2n) is 6.43. The van der Waals surface area contributed by atoms with Crippen molar-refractivity contribution in [1.29, 1.82) is 0 Å². The zero-order chi connectivity index (χ0) is 21.3. The molecule has 2 heterocycles. The minimum Gasteiger partial charge on any atom is -0.383 e. The Hall–Kier alpha value is -3.85. The highest BCUT2D eigenvalue weighted by atomic mass is 35.5. The molecule has 0 saturated heterocycles. The van der Waals surface area contributed by atoms with Gasteiger partial charge in [0, 0.05) is 30.4 Å². The molecule has 8 nitrogen and oxygen atoms in total. The van der Waals surface area contributed by atoms with Gasteiger partial charge in [0.25, 0.3) is 0 Å². The number of tetrazole rings is 1. The average molecular weight is 424 g/mol. The summed E-state index contributed by atoms with van der Waals surface area (Å²) in [6.07, 6.45) is 1.62. The van der Waals surface area contributed by atoms with E-state index in [9.17, 15) is 9.18 Å². The van der Waals surface area contributed by atoms with Crippen LogP contribution in [0.2, 0.25) is 5.02 Å². The van der Waals surface area contributed by atoms with Crippen LogP contribution in [0.15, 0.2) is 54.7 Å². The summed E-state index contributed by atoms with van der Waals surface area (Å²) >= 11 is 6.20.